The quantitative estimate of drug-likeness (QED) is 0.418. The molecule has 0 spiro atoms. The molecule has 1 aromatic heterocycles. The Balaban J connectivity index is 1.75. The van der Waals surface area contributed by atoms with Crippen LogP contribution in [0.25, 0.3) is 11.3 Å². The van der Waals surface area contributed by atoms with Gasteiger partial charge in [0.1, 0.15) is 0 Å². The second kappa shape index (κ2) is 10.3. The number of aliphatic carboxylic acids is 1. The van der Waals surface area contributed by atoms with Crippen LogP contribution in [-0.4, -0.2) is 32.7 Å². The van der Waals surface area contributed by atoms with Crippen molar-refractivity contribution in [2.75, 3.05) is 0 Å². The highest BCUT2D eigenvalue weighted by atomic mass is 16.4. The first-order valence-corrected chi connectivity index (χ1v) is 13.9. The summed E-state index contributed by atoms with van der Waals surface area (Å²) >= 11 is 0. The Hall–Kier alpha value is -2.60. The molecule has 1 aromatic carbocycles. The second-order valence-corrected chi connectivity index (χ2v) is 12.9. The molecule has 0 radical (unpaired) electrons. The van der Waals surface area contributed by atoms with Crippen molar-refractivity contribution in [3.05, 3.63) is 46.6 Å². The van der Waals surface area contributed by atoms with Crippen LogP contribution in [0.2, 0.25) is 0 Å². The van der Waals surface area contributed by atoms with Gasteiger partial charge >= 0.3 is 5.97 Å². The normalized spacial score (nSPS) is 20.9. The van der Waals surface area contributed by atoms with Gasteiger partial charge in [0.25, 0.3) is 5.91 Å². The third-order valence-electron chi connectivity index (χ3n) is 8.40. The molecule has 1 heterocycles. The van der Waals surface area contributed by atoms with E-state index < -0.39 is 11.6 Å². The van der Waals surface area contributed by atoms with E-state index in [1.54, 1.807) is 0 Å². The van der Waals surface area contributed by atoms with Gasteiger partial charge in [0, 0.05) is 24.0 Å². The zero-order chi connectivity index (χ0) is 27.1. The van der Waals surface area contributed by atoms with E-state index in [0.29, 0.717) is 24.3 Å². The molecule has 2 aliphatic carbocycles. The first kappa shape index (κ1) is 27.4. The molecular formula is C31H44N2O4. The lowest BCUT2D eigenvalue weighted by Gasteiger charge is -2.32. The van der Waals surface area contributed by atoms with Crippen LogP contribution >= 0.6 is 0 Å². The van der Waals surface area contributed by atoms with Crippen LogP contribution in [0.1, 0.15) is 107 Å². The molecular weight excluding hydrogens is 464 g/mol. The van der Waals surface area contributed by atoms with E-state index in [1.165, 1.54) is 32.1 Å². The van der Waals surface area contributed by atoms with Crippen LogP contribution in [0.5, 0.6) is 0 Å². The van der Waals surface area contributed by atoms with Gasteiger partial charge in [-0.1, -0.05) is 46.1 Å². The van der Waals surface area contributed by atoms with Crippen molar-refractivity contribution in [3.8, 4) is 11.3 Å². The lowest BCUT2D eigenvalue weighted by Crippen LogP contribution is -2.46. The summed E-state index contributed by atoms with van der Waals surface area (Å²) < 4.78 is 2.31. The number of hydrogen-bond donors (Lipinski definition) is 3. The molecule has 1 amide bonds. The fraction of sp³-hybridized carbons (Fsp3) is 0.613. The second-order valence-electron chi connectivity index (χ2n) is 12.9. The number of nitrogens with one attached hydrogen (secondary N) is 1. The lowest BCUT2D eigenvalue weighted by molar-refractivity contribution is -0.145. The monoisotopic (exact) mass is 508 g/mol. The Morgan fingerprint density at radius 1 is 0.973 bits per heavy atom. The van der Waals surface area contributed by atoms with Crippen LogP contribution in [0.4, 0.5) is 0 Å². The summed E-state index contributed by atoms with van der Waals surface area (Å²) in [6, 6.07) is 8.26. The van der Waals surface area contributed by atoms with Crippen molar-refractivity contribution in [1.29, 1.82) is 0 Å². The standard InChI is InChI=1S/C31H44N2O4/c1-19-26(28(34)32-25-14-22(15-25)29(35)36)17-27(33(19)18-20-10-8-7-9-11-20)21-12-23(30(2,3)4)16-24(13-21)31(5,6)37/h12-13,16-17,20,22,25,37H,7-11,14-15,18H2,1-6H3,(H,32,34)(H,35,36)/t22-,25-. The molecule has 0 unspecified atom stereocenters. The molecule has 37 heavy (non-hydrogen) atoms. The van der Waals surface area contributed by atoms with Crippen molar-refractivity contribution < 1.29 is 19.8 Å². The van der Waals surface area contributed by atoms with E-state index in [1.807, 2.05) is 26.8 Å². The average molecular weight is 509 g/mol. The topological polar surface area (TPSA) is 91.6 Å². The zero-order valence-electron chi connectivity index (χ0n) is 23.4. The van der Waals surface area contributed by atoms with Gasteiger partial charge in [-0.25, -0.2) is 0 Å². The number of aliphatic hydroxyl groups is 1. The number of carboxylic acid groups (broad SMARTS) is 1. The molecule has 202 valence electrons. The van der Waals surface area contributed by atoms with Crippen molar-refractivity contribution in [2.24, 2.45) is 11.8 Å². The average Bonchev–Trinajstić information content (AvgIpc) is 3.11. The Bertz CT molecular complexity index is 1120. The summed E-state index contributed by atoms with van der Waals surface area (Å²) in [5, 5.41) is 23.2. The van der Waals surface area contributed by atoms with E-state index in [0.717, 1.165) is 34.6 Å². The fourth-order valence-electron chi connectivity index (χ4n) is 5.74. The highest BCUT2D eigenvalue weighted by Crippen LogP contribution is 2.37. The number of carboxylic acids is 1. The SMILES string of the molecule is Cc1c(C(=O)N[C@H]2C[C@H](C(=O)O)C2)cc(-c2cc(C(C)(C)C)cc(C(C)(C)O)c2)n1CC1CCCCC1. The number of hydrogen-bond acceptors (Lipinski definition) is 3. The van der Waals surface area contributed by atoms with Crippen molar-refractivity contribution in [2.45, 2.75) is 110 Å². The lowest BCUT2D eigenvalue weighted by atomic mass is 9.80. The van der Waals surface area contributed by atoms with Crippen LogP contribution in [-0.2, 0) is 22.4 Å². The first-order valence-electron chi connectivity index (χ1n) is 13.9. The summed E-state index contributed by atoms with van der Waals surface area (Å²) in [6.07, 6.45) is 7.17. The maximum Gasteiger partial charge on any atom is 0.306 e. The number of carbonyl (C=O) groups excluding carboxylic acids is 1. The molecule has 0 bridgehead atoms. The molecule has 2 saturated carbocycles. The number of aromatic nitrogens is 1. The Kier molecular flexibility index (Phi) is 7.62. The fourth-order valence-corrected chi connectivity index (χ4v) is 5.74. The molecule has 0 aliphatic heterocycles. The minimum absolute atomic E-state index is 0.0934. The van der Waals surface area contributed by atoms with E-state index in [9.17, 15) is 19.8 Å². The smallest absolute Gasteiger partial charge is 0.306 e. The zero-order valence-corrected chi connectivity index (χ0v) is 23.4. The van der Waals surface area contributed by atoms with Gasteiger partial charge in [0.05, 0.1) is 17.1 Å². The van der Waals surface area contributed by atoms with E-state index in [2.05, 4.69) is 48.9 Å². The van der Waals surface area contributed by atoms with Gasteiger partial charge in [-0.2, -0.15) is 0 Å². The van der Waals surface area contributed by atoms with E-state index in [-0.39, 0.29) is 23.3 Å². The molecule has 0 atom stereocenters. The highest BCUT2D eigenvalue weighted by Gasteiger charge is 2.36. The minimum Gasteiger partial charge on any atom is -0.481 e. The van der Waals surface area contributed by atoms with Crippen molar-refractivity contribution in [3.63, 3.8) is 0 Å². The summed E-state index contributed by atoms with van der Waals surface area (Å²) in [5.41, 5.74) is 4.52. The maximum absolute atomic E-state index is 13.4. The predicted molar refractivity (Wildman–Crippen MR) is 147 cm³/mol. The maximum atomic E-state index is 13.4. The third-order valence-corrected chi connectivity index (χ3v) is 8.40. The molecule has 3 N–H and O–H groups in total. The number of nitrogens with zero attached hydrogens (tertiary/aromatic N) is 1. The molecule has 4 rings (SSSR count). The molecule has 6 nitrogen and oxygen atoms in total. The largest absolute Gasteiger partial charge is 0.481 e. The number of carbonyl (C=O) groups is 2. The molecule has 6 heteroatoms. The minimum atomic E-state index is -0.989. The summed E-state index contributed by atoms with van der Waals surface area (Å²) in [6.45, 7) is 13.0. The van der Waals surface area contributed by atoms with Crippen LogP contribution in [0, 0.1) is 18.8 Å². The molecule has 2 aliphatic rings. The van der Waals surface area contributed by atoms with Gasteiger partial charge in [-0.15, -0.1) is 0 Å². The summed E-state index contributed by atoms with van der Waals surface area (Å²) in [4.78, 5) is 24.6. The van der Waals surface area contributed by atoms with Gasteiger partial charge in [-0.05, 0) is 92.7 Å². The Labute approximate surface area is 221 Å². The Morgan fingerprint density at radius 2 is 1.59 bits per heavy atom. The van der Waals surface area contributed by atoms with Crippen molar-refractivity contribution >= 4 is 11.9 Å². The van der Waals surface area contributed by atoms with Crippen LogP contribution < -0.4 is 5.32 Å². The number of rotatable bonds is 7. The van der Waals surface area contributed by atoms with Gasteiger partial charge in [-0.3, -0.25) is 9.59 Å². The van der Waals surface area contributed by atoms with Gasteiger partial charge < -0.3 is 20.1 Å². The van der Waals surface area contributed by atoms with Crippen LogP contribution in [0.15, 0.2) is 24.3 Å². The number of amides is 1. The summed E-state index contributed by atoms with van der Waals surface area (Å²) in [5.74, 6) is -0.705. The Morgan fingerprint density at radius 3 is 2.16 bits per heavy atom. The van der Waals surface area contributed by atoms with E-state index in [4.69, 9.17) is 0 Å². The van der Waals surface area contributed by atoms with Gasteiger partial charge in [0.2, 0.25) is 0 Å². The highest BCUT2D eigenvalue weighted by molar-refractivity contribution is 5.97. The van der Waals surface area contributed by atoms with Crippen LogP contribution in [0.3, 0.4) is 0 Å². The first-order chi connectivity index (χ1) is 17.2. The predicted octanol–water partition coefficient (Wildman–Crippen LogP) is 6.16. The van der Waals surface area contributed by atoms with E-state index >= 15 is 0 Å². The van der Waals surface area contributed by atoms with Crippen molar-refractivity contribution in [1.82, 2.24) is 9.88 Å². The summed E-state index contributed by atoms with van der Waals surface area (Å²) in [7, 11) is 0. The molecule has 2 aromatic rings. The molecule has 0 saturated heterocycles. The third kappa shape index (κ3) is 6.11. The van der Waals surface area contributed by atoms with Gasteiger partial charge in [0.15, 0.2) is 0 Å². The number of benzene rings is 1. The molecule has 2 fully saturated rings.